The highest BCUT2D eigenvalue weighted by Crippen LogP contribution is 2.29. The molecule has 0 atom stereocenters. The minimum atomic E-state index is -0.762. The number of nitrogens with one attached hydrogen (secondary N) is 1. The maximum atomic E-state index is 15.1. The predicted molar refractivity (Wildman–Crippen MR) is 166 cm³/mol. The van der Waals surface area contributed by atoms with Crippen molar-refractivity contribution in [2.45, 2.75) is 27.3 Å². The third kappa shape index (κ3) is 7.21. The fourth-order valence-corrected chi connectivity index (χ4v) is 5.32. The SMILES string of the molecule is Cc1cc(C)c(OC(=O)N(Cc2cc(Cl)ccc2F)c2ccnc(Nc3ccc(N4CCN(C)CC4)c(F)c3)n2)c(C)c1. The highest BCUT2D eigenvalue weighted by Gasteiger charge is 2.24. The van der Waals surface area contributed by atoms with E-state index in [4.69, 9.17) is 16.3 Å². The Morgan fingerprint density at radius 1 is 0.977 bits per heavy atom. The van der Waals surface area contributed by atoms with E-state index in [1.807, 2.05) is 44.9 Å². The summed E-state index contributed by atoms with van der Waals surface area (Å²) in [6, 6.07) is 14.3. The molecule has 1 aliphatic heterocycles. The van der Waals surface area contributed by atoms with Crippen LogP contribution in [0.15, 0.2) is 60.8 Å². The lowest BCUT2D eigenvalue weighted by Gasteiger charge is -2.34. The Kier molecular flexibility index (Phi) is 9.08. The molecular weight excluding hydrogens is 574 g/mol. The fourth-order valence-electron chi connectivity index (χ4n) is 5.12. The summed E-state index contributed by atoms with van der Waals surface area (Å²) in [5, 5.41) is 3.33. The van der Waals surface area contributed by atoms with Gasteiger partial charge in [-0.05, 0) is 81.4 Å². The molecule has 1 aliphatic rings. The number of piperazine rings is 1. The first-order chi connectivity index (χ1) is 20.6. The molecule has 8 nitrogen and oxygen atoms in total. The van der Waals surface area contributed by atoms with Gasteiger partial charge in [0.05, 0.1) is 12.2 Å². The van der Waals surface area contributed by atoms with Crippen LogP contribution >= 0.6 is 11.6 Å². The smallest absolute Gasteiger partial charge is 0.409 e. The van der Waals surface area contributed by atoms with Crippen molar-refractivity contribution in [3.8, 4) is 5.75 Å². The molecule has 43 heavy (non-hydrogen) atoms. The van der Waals surface area contributed by atoms with Crippen LogP contribution in [0.5, 0.6) is 5.75 Å². The standard InChI is InChI=1S/C32H33ClF2N6O2/c1-20-15-21(2)30(22(3)16-20)43-32(42)41(19-23-17-24(33)5-7-26(23)34)29-9-10-36-31(38-29)37-25-6-8-28(27(35)18-25)40-13-11-39(4)12-14-40/h5-10,15-18H,11-14,19H2,1-4H3,(H,36,37,38). The maximum absolute atomic E-state index is 15.1. The Labute approximate surface area is 254 Å². The average molecular weight is 607 g/mol. The number of carbonyl (C=O) groups is 1. The molecule has 0 radical (unpaired) electrons. The van der Waals surface area contributed by atoms with E-state index in [0.717, 1.165) is 42.9 Å². The summed E-state index contributed by atoms with van der Waals surface area (Å²) >= 11 is 6.13. The maximum Gasteiger partial charge on any atom is 0.421 e. The molecule has 1 saturated heterocycles. The summed E-state index contributed by atoms with van der Waals surface area (Å²) in [7, 11) is 2.05. The van der Waals surface area contributed by atoms with Crippen molar-refractivity contribution in [3.63, 3.8) is 0 Å². The lowest BCUT2D eigenvalue weighted by atomic mass is 10.1. The summed E-state index contributed by atoms with van der Waals surface area (Å²) in [5.74, 6) is -0.213. The Balaban J connectivity index is 1.42. The zero-order chi connectivity index (χ0) is 30.7. The second kappa shape index (κ2) is 12.9. The zero-order valence-electron chi connectivity index (χ0n) is 24.5. The van der Waals surface area contributed by atoms with E-state index in [2.05, 4.69) is 20.2 Å². The van der Waals surface area contributed by atoms with Crippen LogP contribution in [0.4, 0.5) is 36.7 Å². The van der Waals surface area contributed by atoms with Crippen molar-refractivity contribution in [3.05, 3.63) is 99.7 Å². The molecule has 0 unspecified atom stereocenters. The number of hydrogen-bond acceptors (Lipinski definition) is 7. The number of hydrogen-bond donors (Lipinski definition) is 1. The molecule has 0 aliphatic carbocycles. The van der Waals surface area contributed by atoms with Crippen molar-refractivity contribution in [2.24, 2.45) is 0 Å². The number of aryl methyl sites for hydroxylation is 3. The first kappa shape index (κ1) is 30.2. The van der Waals surface area contributed by atoms with E-state index in [9.17, 15) is 9.18 Å². The zero-order valence-corrected chi connectivity index (χ0v) is 25.3. The largest absolute Gasteiger partial charge is 0.421 e. The van der Waals surface area contributed by atoms with Gasteiger partial charge in [-0.2, -0.15) is 4.98 Å². The van der Waals surface area contributed by atoms with Crippen LogP contribution < -0.4 is 19.9 Å². The molecular formula is C32H33ClF2N6O2. The molecule has 1 aromatic heterocycles. The van der Waals surface area contributed by atoms with Gasteiger partial charge < -0.3 is 19.9 Å². The van der Waals surface area contributed by atoms with Crippen LogP contribution in [-0.4, -0.2) is 54.2 Å². The van der Waals surface area contributed by atoms with Crippen LogP contribution in [0.3, 0.4) is 0 Å². The van der Waals surface area contributed by atoms with Gasteiger partial charge in [-0.25, -0.2) is 18.6 Å². The number of carbonyl (C=O) groups excluding carboxylic acids is 1. The predicted octanol–water partition coefficient (Wildman–Crippen LogP) is 7.03. The first-order valence-electron chi connectivity index (χ1n) is 13.9. The molecule has 4 aromatic rings. The monoisotopic (exact) mass is 606 g/mol. The molecule has 5 rings (SSSR count). The molecule has 11 heteroatoms. The van der Waals surface area contributed by atoms with Gasteiger partial charge in [0.2, 0.25) is 5.95 Å². The van der Waals surface area contributed by atoms with Crippen LogP contribution in [0.2, 0.25) is 5.02 Å². The Hall–Kier alpha value is -4.28. The first-order valence-corrected chi connectivity index (χ1v) is 14.3. The average Bonchev–Trinajstić information content (AvgIpc) is 2.96. The number of ether oxygens (including phenoxy) is 1. The third-order valence-corrected chi connectivity index (χ3v) is 7.55. The molecule has 3 aromatic carbocycles. The number of nitrogens with zero attached hydrogens (tertiary/aromatic N) is 5. The second-order valence-corrected chi connectivity index (χ2v) is 11.2. The van der Waals surface area contributed by atoms with Crippen molar-refractivity contribution >= 4 is 40.8 Å². The highest BCUT2D eigenvalue weighted by atomic mass is 35.5. The second-order valence-electron chi connectivity index (χ2n) is 10.7. The molecule has 2 heterocycles. The fraction of sp³-hybridized carbons (Fsp3) is 0.281. The van der Waals surface area contributed by atoms with Crippen LogP contribution in [-0.2, 0) is 6.54 Å². The number of halogens is 3. The molecule has 1 N–H and O–H groups in total. The van der Waals surface area contributed by atoms with Crippen molar-refractivity contribution in [2.75, 3.05) is 48.3 Å². The van der Waals surface area contributed by atoms with Crippen molar-refractivity contribution in [1.29, 1.82) is 0 Å². The molecule has 1 fully saturated rings. The van der Waals surface area contributed by atoms with E-state index < -0.39 is 11.9 Å². The summed E-state index contributed by atoms with van der Waals surface area (Å²) < 4.78 is 35.7. The van der Waals surface area contributed by atoms with Gasteiger partial charge in [-0.1, -0.05) is 29.3 Å². The summed E-state index contributed by atoms with van der Waals surface area (Å²) in [5.41, 5.74) is 3.75. The van der Waals surface area contributed by atoms with Gasteiger partial charge in [0.25, 0.3) is 0 Å². The van der Waals surface area contributed by atoms with E-state index >= 15 is 4.39 Å². The van der Waals surface area contributed by atoms with Crippen LogP contribution in [0.1, 0.15) is 22.3 Å². The minimum Gasteiger partial charge on any atom is -0.409 e. The highest BCUT2D eigenvalue weighted by molar-refractivity contribution is 6.30. The lowest BCUT2D eigenvalue weighted by Crippen LogP contribution is -2.44. The summed E-state index contributed by atoms with van der Waals surface area (Å²) in [6.45, 7) is 8.66. The summed E-state index contributed by atoms with van der Waals surface area (Å²) in [6.07, 6.45) is 0.693. The van der Waals surface area contributed by atoms with Crippen LogP contribution in [0, 0.1) is 32.4 Å². The van der Waals surface area contributed by atoms with Crippen molar-refractivity contribution < 1.29 is 18.3 Å². The van der Waals surface area contributed by atoms with Gasteiger partial charge in [-0.3, -0.25) is 4.90 Å². The number of benzene rings is 3. The number of amides is 1. The Morgan fingerprint density at radius 2 is 1.70 bits per heavy atom. The number of likely N-dealkylation sites (N-methyl/N-ethyl adjacent to an activating group) is 1. The van der Waals surface area contributed by atoms with E-state index in [1.54, 1.807) is 12.1 Å². The number of anilines is 4. The van der Waals surface area contributed by atoms with Crippen LogP contribution in [0.25, 0.3) is 0 Å². The van der Waals surface area contributed by atoms with E-state index in [1.165, 1.54) is 41.4 Å². The molecule has 1 amide bonds. The number of rotatable bonds is 7. The quantitative estimate of drug-likeness (QED) is 0.242. The molecule has 0 spiro atoms. The lowest BCUT2D eigenvalue weighted by molar-refractivity contribution is 0.206. The van der Waals surface area contributed by atoms with Gasteiger partial charge in [-0.15, -0.1) is 0 Å². The molecule has 224 valence electrons. The van der Waals surface area contributed by atoms with E-state index in [0.29, 0.717) is 22.1 Å². The van der Waals surface area contributed by atoms with Gasteiger partial charge in [0.15, 0.2) is 0 Å². The van der Waals surface area contributed by atoms with E-state index in [-0.39, 0.29) is 29.7 Å². The number of aromatic nitrogens is 2. The van der Waals surface area contributed by atoms with Crippen molar-refractivity contribution in [1.82, 2.24) is 14.9 Å². The Morgan fingerprint density at radius 3 is 2.40 bits per heavy atom. The van der Waals surface area contributed by atoms with Gasteiger partial charge in [0, 0.05) is 48.6 Å². The Bertz CT molecular complexity index is 1620. The minimum absolute atomic E-state index is 0.122. The summed E-state index contributed by atoms with van der Waals surface area (Å²) in [4.78, 5) is 27.8. The normalized spacial score (nSPS) is 13.6. The molecule has 0 bridgehead atoms. The third-order valence-electron chi connectivity index (χ3n) is 7.32. The van der Waals surface area contributed by atoms with Gasteiger partial charge in [0.1, 0.15) is 23.2 Å². The van der Waals surface area contributed by atoms with Gasteiger partial charge >= 0.3 is 6.09 Å². The topological polar surface area (TPSA) is 73.8 Å². The molecule has 0 saturated carbocycles.